The van der Waals surface area contributed by atoms with Crippen LogP contribution in [-0.2, 0) is 23.4 Å². The van der Waals surface area contributed by atoms with Gasteiger partial charge in [-0.3, -0.25) is 9.69 Å². The molecule has 130 valence electrons. The van der Waals surface area contributed by atoms with Crippen molar-refractivity contribution in [3.63, 3.8) is 0 Å². The van der Waals surface area contributed by atoms with Gasteiger partial charge in [-0.25, -0.2) is 0 Å². The molecule has 4 nitrogen and oxygen atoms in total. The first kappa shape index (κ1) is 16.3. The number of carbonyl (C=O) groups is 1. The van der Waals surface area contributed by atoms with E-state index in [4.69, 9.17) is 0 Å². The Morgan fingerprint density at radius 3 is 2.52 bits per heavy atom. The van der Waals surface area contributed by atoms with Crippen LogP contribution in [0.25, 0.3) is 0 Å². The Morgan fingerprint density at radius 2 is 1.72 bits per heavy atom. The monoisotopic (exact) mass is 336 g/mol. The molecule has 4 rings (SSSR count). The zero-order chi connectivity index (χ0) is 17.3. The number of benzene rings is 2. The molecule has 2 aromatic carbocycles. The highest BCUT2D eigenvalue weighted by Gasteiger charge is 2.39. The quantitative estimate of drug-likeness (QED) is 0.934. The van der Waals surface area contributed by atoms with E-state index in [0.717, 1.165) is 25.1 Å². The molecule has 1 saturated heterocycles. The van der Waals surface area contributed by atoms with Crippen molar-refractivity contribution < 1.29 is 9.90 Å². The van der Waals surface area contributed by atoms with E-state index in [9.17, 15) is 9.90 Å². The predicted molar refractivity (Wildman–Crippen MR) is 97.0 cm³/mol. The van der Waals surface area contributed by atoms with Gasteiger partial charge in [-0.05, 0) is 29.5 Å². The normalized spacial score (nSPS) is 23.5. The molecule has 1 fully saturated rings. The van der Waals surface area contributed by atoms with Gasteiger partial charge in [0.15, 0.2) is 0 Å². The number of nitrogens with zero attached hydrogens (tertiary/aromatic N) is 2. The van der Waals surface area contributed by atoms with E-state index < -0.39 is 5.60 Å². The summed E-state index contributed by atoms with van der Waals surface area (Å²) >= 11 is 0. The summed E-state index contributed by atoms with van der Waals surface area (Å²) in [5, 5.41) is 10.9. The molecule has 0 bridgehead atoms. The molecule has 0 aliphatic carbocycles. The highest BCUT2D eigenvalue weighted by atomic mass is 16.3. The van der Waals surface area contributed by atoms with Gasteiger partial charge in [-0.15, -0.1) is 0 Å². The topological polar surface area (TPSA) is 43.8 Å². The zero-order valence-electron chi connectivity index (χ0n) is 14.4. The van der Waals surface area contributed by atoms with Gasteiger partial charge in [-0.1, -0.05) is 54.6 Å². The first-order valence-corrected chi connectivity index (χ1v) is 8.99. The Morgan fingerprint density at radius 1 is 1.00 bits per heavy atom. The maximum absolute atomic E-state index is 12.7. The van der Waals surface area contributed by atoms with Crippen molar-refractivity contribution in [2.45, 2.75) is 25.0 Å². The van der Waals surface area contributed by atoms with Crippen LogP contribution in [0, 0.1) is 0 Å². The van der Waals surface area contributed by atoms with Gasteiger partial charge < -0.3 is 10.0 Å². The second-order valence-corrected chi connectivity index (χ2v) is 7.19. The van der Waals surface area contributed by atoms with Crippen molar-refractivity contribution in [1.29, 1.82) is 0 Å². The largest absolute Gasteiger partial charge is 0.383 e. The molecular weight excluding hydrogens is 312 g/mol. The van der Waals surface area contributed by atoms with E-state index in [0.29, 0.717) is 26.1 Å². The van der Waals surface area contributed by atoms with Crippen LogP contribution >= 0.6 is 0 Å². The summed E-state index contributed by atoms with van der Waals surface area (Å²) in [6, 6.07) is 18.2. The van der Waals surface area contributed by atoms with Crippen molar-refractivity contribution >= 4 is 5.91 Å². The van der Waals surface area contributed by atoms with Crippen LogP contribution < -0.4 is 0 Å². The molecule has 2 aliphatic heterocycles. The molecule has 0 aromatic heterocycles. The van der Waals surface area contributed by atoms with Gasteiger partial charge in [0.2, 0.25) is 5.91 Å². The summed E-state index contributed by atoms with van der Waals surface area (Å²) in [6.07, 6.45) is 1.60. The van der Waals surface area contributed by atoms with Gasteiger partial charge in [0.1, 0.15) is 5.60 Å². The predicted octanol–water partition coefficient (Wildman–Crippen LogP) is 2.16. The summed E-state index contributed by atoms with van der Waals surface area (Å²) in [4.78, 5) is 16.7. The molecule has 1 atom stereocenters. The minimum atomic E-state index is -0.911. The first-order chi connectivity index (χ1) is 12.1. The van der Waals surface area contributed by atoms with E-state index in [2.05, 4.69) is 29.2 Å². The smallest absolute Gasteiger partial charge is 0.236 e. The lowest BCUT2D eigenvalue weighted by atomic mass is 9.93. The molecule has 0 saturated carbocycles. The number of amides is 1. The van der Waals surface area contributed by atoms with Gasteiger partial charge in [0.05, 0.1) is 13.1 Å². The van der Waals surface area contributed by atoms with Crippen molar-refractivity contribution in [1.82, 2.24) is 9.80 Å². The average Bonchev–Trinajstić information content (AvgIpc) is 3.06. The lowest BCUT2D eigenvalue weighted by Gasteiger charge is -2.30. The van der Waals surface area contributed by atoms with E-state index in [1.807, 2.05) is 35.2 Å². The van der Waals surface area contributed by atoms with Crippen LogP contribution in [0.5, 0.6) is 0 Å². The molecule has 25 heavy (non-hydrogen) atoms. The zero-order valence-corrected chi connectivity index (χ0v) is 14.4. The number of hydrogen-bond acceptors (Lipinski definition) is 3. The van der Waals surface area contributed by atoms with E-state index in [-0.39, 0.29) is 5.91 Å². The second kappa shape index (κ2) is 6.62. The van der Waals surface area contributed by atoms with Crippen molar-refractivity contribution in [3.8, 4) is 0 Å². The highest BCUT2D eigenvalue weighted by molar-refractivity contribution is 5.78. The van der Waals surface area contributed by atoms with Crippen LogP contribution in [0.15, 0.2) is 54.6 Å². The third-order valence-electron chi connectivity index (χ3n) is 5.48. The lowest BCUT2D eigenvalue weighted by molar-refractivity contribution is -0.132. The molecule has 2 heterocycles. The van der Waals surface area contributed by atoms with Gasteiger partial charge in [0.25, 0.3) is 0 Å². The molecule has 4 heteroatoms. The number of hydrogen-bond donors (Lipinski definition) is 1. The summed E-state index contributed by atoms with van der Waals surface area (Å²) in [5.41, 5.74) is 2.71. The fourth-order valence-electron chi connectivity index (χ4n) is 3.97. The summed E-state index contributed by atoms with van der Waals surface area (Å²) < 4.78 is 0. The Kier molecular flexibility index (Phi) is 4.32. The number of fused-ring (bicyclic) bond motifs is 1. The fourth-order valence-corrected chi connectivity index (χ4v) is 3.97. The maximum Gasteiger partial charge on any atom is 0.236 e. The summed E-state index contributed by atoms with van der Waals surface area (Å²) in [5.74, 6) is 0.117. The Bertz CT molecular complexity index is 762. The molecule has 1 N–H and O–H groups in total. The van der Waals surface area contributed by atoms with Gasteiger partial charge in [0, 0.05) is 19.6 Å². The molecule has 2 aliphatic rings. The molecule has 1 unspecified atom stereocenters. The maximum atomic E-state index is 12.7. The SMILES string of the molecule is O=C(CN1CCc2ccccc2C1)N1CCC(O)(c2ccccc2)C1. The molecule has 0 radical (unpaired) electrons. The van der Waals surface area contributed by atoms with Gasteiger partial charge in [-0.2, -0.15) is 0 Å². The lowest BCUT2D eigenvalue weighted by Crippen LogP contribution is -2.42. The van der Waals surface area contributed by atoms with E-state index in [1.54, 1.807) is 0 Å². The summed E-state index contributed by atoms with van der Waals surface area (Å²) in [6.45, 7) is 3.19. The van der Waals surface area contributed by atoms with E-state index in [1.165, 1.54) is 11.1 Å². The van der Waals surface area contributed by atoms with Gasteiger partial charge >= 0.3 is 0 Å². The number of rotatable bonds is 3. The Balaban J connectivity index is 1.38. The standard InChI is InChI=1S/C21H24N2O2/c24-20(15-22-12-10-17-6-4-5-7-18(17)14-22)23-13-11-21(25,16-23)19-8-2-1-3-9-19/h1-9,25H,10-16H2. The van der Waals surface area contributed by atoms with Crippen molar-refractivity contribution in [2.24, 2.45) is 0 Å². The number of likely N-dealkylation sites (tertiary alicyclic amines) is 1. The summed E-state index contributed by atoms with van der Waals surface area (Å²) in [7, 11) is 0. The van der Waals surface area contributed by atoms with Crippen LogP contribution in [0.1, 0.15) is 23.1 Å². The van der Waals surface area contributed by atoms with Crippen LogP contribution in [0.2, 0.25) is 0 Å². The van der Waals surface area contributed by atoms with Crippen LogP contribution in [0.4, 0.5) is 0 Å². The van der Waals surface area contributed by atoms with E-state index >= 15 is 0 Å². The molecule has 2 aromatic rings. The van der Waals surface area contributed by atoms with Crippen LogP contribution in [0.3, 0.4) is 0 Å². The molecule has 0 spiro atoms. The minimum Gasteiger partial charge on any atom is -0.383 e. The average molecular weight is 336 g/mol. The fraction of sp³-hybridized carbons (Fsp3) is 0.381. The first-order valence-electron chi connectivity index (χ1n) is 8.99. The second-order valence-electron chi connectivity index (χ2n) is 7.19. The third kappa shape index (κ3) is 3.32. The number of aliphatic hydroxyl groups is 1. The molecular formula is C21H24N2O2. The number of β-amino-alcohol motifs (C(OH)–C–C–N with tert-alkyl or cyclic N) is 1. The van der Waals surface area contributed by atoms with Crippen LogP contribution in [-0.4, -0.2) is 47.0 Å². The van der Waals surface area contributed by atoms with Crippen molar-refractivity contribution in [2.75, 3.05) is 26.2 Å². The minimum absolute atomic E-state index is 0.117. The van der Waals surface area contributed by atoms with Crippen molar-refractivity contribution in [3.05, 3.63) is 71.3 Å². The molecule has 1 amide bonds. The Hall–Kier alpha value is -2.17. The number of carbonyl (C=O) groups excluding carboxylic acids is 1. The highest BCUT2D eigenvalue weighted by Crippen LogP contribution is 2.32. The Labute approximate surface area is 148 Å². The third-order valence-corrected chi connectivity index (χ3v) is 5.48.